The normalized spacial score (nSPS) is 11.8. The number of carbonyl (C=O) groups excluding carboxylic acids is 1. The fourth-order valence-corrected chi connectivity index (χ4v) is 2.33. The van der Waals surface area contributed by atoms with Gasteiger partial charge < -0.3 is 0 Å². The Morgan fingerprint density at radius 1 is 1.21 bits per heavy atom. The smallest absolute Gasteiger partial charge is 0.297 e. The van der Waals surface area contributed by atoms with Crippen LogP contribution < -0.4 is 0 Å². The van der Waals surface area contributed by atoms with Gasteiger partial charge in [0.1, 0.15) is 6.61 Å². The summed E-state index contributed by atoms with van der Waals surface area (Å²) in [6, 6.07) is 6.33. The number of ketones is 1. The number of benzene rings is 1. The third kappa shape index (κ3) is 5.53. The Balaban J connectivity index is 2.56. The molecule has 1 aromatic rings. The molecule has 0 saturated heterocycles. The van der Waals surface area contributed by atoms with Crippen molar-refractivity contribution in [2.24, 2.45) is 5.92 Å². The van der Waals surface area contributed by atoms with Crippen LogP contribution in [0.5, 0.6) is 0 Å². The average Bonchev–Trinajstić information content (AvgIpc) is 2.34. The molecule has 0 N–H and O–H groups in total. The first-order valence-corrected chi connectivity index (χ1v) is 7.70. The van der Waals surface area contributed by atoms with Gasteiger partial charge in [0.2, 0.25) is 0 Å². The van der Waals surface area contributed by atoms with Crippen molar-refractivity contribution >= 4 is 15.9 Å². The van der Waals surface area contributed by atoms with Gasteiger partial charge in [-0.15, -0.1) is 0 Å². The van der Waals surface area contributed by atoms with E-state index in [-0.39, 0.29) is 17.3 Å². The summed E-state index contributed by atoms with van der Waals surface area (Å²) >= 11 is 0. The summed E-state index contributed by atoms with van der Waals surface area (Å²) in [5.41, 5.74) is 0.965. The molecule has 106 valence electrons. The van der Waals surface area contributed by atoms with E-state index in [1.165, 1.54) is 12.1 Å². The molecule has 0 unspecified atom stereocenters. The van der Waals surface area contributed by atoms with Gasteiger partial charge in [-0.1, -0.05) is 31.5 Å². The van der Waals surface area contributed by atoms with Crippen molar-refractivity contribution in [2.45, 2.75) is 38.5 Å². The molecule has 5 heteroatoms. The lowest BCUT2D eigenvalue weighted by Crippen LogP contribution is -2.15. The molecule has 0 fully saturated rings. The van der Waals surface area contributed by atoms with Gasteiger partial charge >= 0.3 is 0 Å². The predicted octanol–water partition coefficient (Wildman–Crippen LogP) is 2.71. The summed E-state index contributed by atoms with van der Waals surface area (Å²) in [6.07, 6.45) is 1.09. The van der Waals surface area contributed by atoms with Crippen LogP contribution in [0.3, 0.4) is 0 Å². The van der Waals surface area contributed by atoms with Gasteiger partial charge in [0.05, 0.1) is 4.90 Å². The summed E-state index contributed by atoms with van der Waals surface area (Å²) in [5, 5.41) is 0. The van der Waals surface area contributed by atoms with Crippen molar-refractivity contribution in [2.75, 3.05) is 6.61 Å². The van der Waals surface area contributed by atoms with Gasteiger partial charge in [-0.05, 0) is 31.4 Å². The zero-order chi connectivity index (χ0) is 14.5. The van der Waals surface area contributed by atoms with Crippen molar-refractivity contribution in [3.8, 4) is 0 Å². The van der Waals surface area contributed by atoms with Crippen molar-refractivity contribution in [1.29, 1.82) is 0 Å². The summed E-state index contributed by atoms with van der Waals surface area (Å²) in [7, 11) is -3.83. The Morgan fingerprint density at radius 3 is 2.32 bits per heavy atom. The van der Waals surface area contributed by atoms with Gasteiger partial charge in [0, 0.05) is 6.42 Å². The van der Waals surface area contributed by atoms with E-state index in [9.17, 15) is 13.2 Å². The van der Waals surface area contributed by atoms with Gasteiger partial charge in [-0.2, -0.15) is 8.42 Å². The van der Waals surface area contributed by atoms with Crippen molar-refractivity contribution < 1.29 is 17.4 Å². The van der Waals surface area contributed by atoms with Crippen LogP contribution in [0.15, 0.2) is 29.2 Å². The lowest BCUT2D eigenvalue weighted by Gasteiger charge is -2.06. The summed E-state index contributed by atoms with van der Waals surface area (Å²) < 4.78 is 28.4. The topological polar surface area (TPSA) is 60.4 Å². The molecule has 1 aromatic carbocycles. The van der Waals surface area contributed by atoms with E-state index in [1.54, 1.807) is 12.1 Å². The van der Waals surface area contributed by atoms with Crippen molar-refractivity contribution in [3.05, 3.63) is 29.8 Å². The van der Waals surface area contributed by atoms with Crippen LogP contribution in [0.1, 0.15) is 32.3 Å². The van der Waals surface area contributed by atoms with Crippen LogP contribution in [-0.2, 0) is 19.1 Å². The molecule has 0 aliphatic rings. The second kappa shape index (κ2) is 6.82. The quantitative estimate of drug-likeness (QED) is 0.722. The van der Waals surface area contributed by atoms with E-state index in [1.807, 2.05) is 20.8 Å². The highest BCUT2D eigenvalue weighted by Gasteiger charge is 2.16. The molecule has 1 rings (SSSR count). The minimum atomic E-state index is -3.83. The maximum Gasteiger partial charge on any atom is 0.297 e. The van der Waals surface area contributed by atoms with Crippen LogP contribution in [0.4, 0.5) is 0 Å². The SMILES string of the molecule is Cc1ccc(S(=O)(=O)OCC(=O)CCC(C)C)cc1. The Morgan fingerprint density at radius 2 is 1.79 bits per heavy atom. The molecular formula is C14H20O4S. The van der Waals surface area contributed by atoms with E-state index in [0.29, 0.717) is 12.3 Å². The Hall–Kier alpha value is -1.20. The zero-order valence-corrected chi connectivity index (χ0v) is 12.4. The van der Waals surface area contributed by atoms with Crippen LogP contribution in [0, 0.1) is 12.8 Å². The van der Waals surface area contributed by atoms with Crippen LogP contribution in [-0.4, -0.2) is 20.8 Å². The van der Waals surface area contributed by atoms with Gasteiger partial charge in [-0.25, -0.2) is 0 Å². The average molecular weight is 284 g/mol. The fraction of sp³-hybridized carbons (Fsp3) is 0.500. The molecule has 0 bridgehead atoms. The third-order valence-electron chi connectivity index (χ3n) is 2.69. The second-order valence-electron chi connectivity index (χ2n) is 5.00. The summed E-state index contributed by atoms with van der Waals surface area (Å²) in [5.74, 6) is 0.224. The molecular weight excluding hydrogens is 264 g/mol. The van der Waals surface area contributed by atoms with Crippen LogP contribution in [0.2, 0.25) is 0 Å². The first-order valence-electron chi connectivity index (χ1n) is 6.29. The minimum Gasteiger partial charge on any atom is -0.297 e. The highest BCUT2D eigenvalue weighted by molar-refractivity contribution is 7.86. The minimum absolute atomic E-state index is 0.0785. The lowest BCUT2D eigenvalue weighted by molar-refractivity contribution is -0.121. The Bertz CT molecular complexity index is 515. The molecule has 0 saturated carbocycles. The van der Waals surface area contributed by atoms with Crippen LogP contribution >= 0.6 is 0 Å². The van der Waals surface area contributed by atoms with E-state index >= 15 is 0 Å². The molecule has 4 nitrogen and oxygen atoms in total. The van der Waals surface area contributed by atoms with E-state index in [2.05, 4.69) is 0 Å². The molecule has 0 atom stereocenters. The Labute approximate surface area is 114 Å². The summed E-state index contributed by atoms with van der Waals surface area (Å²) in [6.45, 7) is 5.50. The van der Waals surface area contributed by atoms with E-state index < -0.39 is 10.1 Å². The number of hydrogen-bond donors (Lipinski definition) is 0. The fourth-order valence-electron chi connectivity index (χ4n) is 1.44. The number of hydrogen-bond acceptors (Lipinski definition) is 4. The van der Waals surface area contributed by atoms with E-state index in [4.69, 9.17) is 4.18 Å². The first-order chi connectivity index (χ1) is 8.81. The second-order valence-corrected chi connectivity index (χ2v) is 6.62. The predicted molar refractivity (Wildman–Crippen MR) is 73.4 cm³/mol. The Kier molecular flexibility index (Phi) is 5.69. The van der Waals surface area contributed by atoms with E-state index in [0.717, 1.165) is 12.0 Å². The van der Waals surface area contributed by atoms with Crippen molar-refractivity contribution in [1.82, 2.24) is 0 Å². The number of carbonyl (C=O) groups is 1. The zero-order valence-electron chi connectivity index (χ0n) is 11.5. The highest BCUT2D eigenvalue weighted by Crippen LogP contribution is 2.13. The molecule has 0 aliphatic carbocycles. The first kappa shape index (κ1) is 15.9. The molecule has 0 radical (unpaired) electrons. The maximum atomic E-state index is 11.8. The molecule has 0 heterocycles. The third-order valence-corrected chi connectivity index (χ3v) is 3.96. The number of rotatable bonds is 7. The monoisotopic (exact) mass is 284 g/mol. The molecule has 0 amide bonds. The molecule has 19 heavy (non-hydrogen) atoms. The molecule has 0 spiro atoms. The summed E-state index contributed by atoms with van der Waals surface area (Å²) in [4.78, 5) is 11.6. The standard InChI is InChI=1S/C14H20O4S/c1-11(2)4-7-13(15)10-18-19(16,17)14-8-5-12(3)6-9-14/h5-6,8-9,11H,4,7,10H2,1-3H3. The van der Waals surface area contributed by atoms with Gasteiger partial charge in [-0.3, -0.25) is 8.98 Å². The largest absolute Gasteiger partial charge is 0.297 e. The molecule has 0 aromatic heterocycles. The molecule has 0 aliphatic heterocycles. The van der Waals surface area contributed by atoms with Gasteiger partial charge in [0.15, 0.2) is 5.78 Å². The van der Waals surface area contributed by atoms with Crippen molar-refractivity contribution in [3.63, 3.8) is 0 Å². The van der Waals surface area contributed by atoms with Gasteiger partial charge in [0.25, 0.3) is 10.1 Å². The van der Waals surface area contributed by atoms with Crippen LogP contribution in [0.25, 0.3) is 0 Å². The number of Topliss-reactive ketones (excluding diaryl/α,β-unsaturated/α-hetero) is 1. The highest BCUT2D eigenvalue weighted by atomic mass is 32.2. The number of aryl methyl sites for hydroxylation is 1. The maximum absolute atomic E-state index is 11.8. The lowest BCUT2D eigenvalue weighted by atomic mass is 10.1.